The number of methoxy groups -OCH3 is 1. The zero-order valence-corrected chi connectivity index (χ0v) is 16.7. The van der Waals surface area contributed by atoms with Crippen molar-refractivity contribution in [2.45, 2.75) is 52.6 Å². The molecule has 0 saturated heterocycles. The van der Waals surface area contributed by atoms with Crippen molar-refractivity contribution in [2.75, 3.05) is 7.11 Å². The molecule has 2 N–H and O–H groups in total. The van der Waals surface area contributed by atoms with Crippen LogP contribution in [0.1, 0.15) is 32.2 Å². The van der Waals surface area contributed by atoms with Gasteiger partial charge in [0.1, 0.15) is 18.7 Å². The smallest absolute Gasteiger partial charge is 0.407 e. The van der Waals surface area contributed by atoms with Crippen molar-refractivity contribution >= 4 is 18.0 Å². The number of carbonyl (C=O) groups is 3. The van der Waals surface area contributed by atoms with Crippen LogP contribution in [-0.4, -0.2) is 60.7 Å². The largest absolute Gasteiger partial charge is 0.468 e. The van der Waals surface area contributed by atoms with Crippen molar-refractivity contribution in [1.82, 2.24) is 40.6 Å². The van der Waals surface area contributed by atoms with Gasteiger partial charge in [0.2, 0.25) is 5.91 Å². The maximum atomic E-state index is 12.2. The zero-order valence-electron chi connectivity index (χ0n) is 16.7. The van der Waals surface area contributed by atoms with Crippen LogP contribution >= 0.6 is 0 Å². The van der Waals surface area contributed by atoms with Crippen molar-refractivity contribution < 1.29 is 23.9 Å². The van der Waals surface area contributed by atoms with Gasteiger partial charge >= 0.3 is 12.1 Å². The molecule has 0 aliphatic heterocycles. The molecule has 0 fully saturated rings. The molecule has 158 valence electrons. The summed E-state index contributed by atoms with van der Waals surface area (Å²) in [5.74, 6) is -0.826. The second-order valence-electron chi connectivity index (χ2n) is 6.97. The summed E-state index contributed by atoms with van der Waals surface area (Å²) in [5, 5.41) is 20.4. The molecule has 0 saturated carbocycles. The predicted octanol–water partition coefficient (Wildman–Crippen LogP) is -0.616. The van der Waals surface area contributed by atoms with E-state index in [1.54, 1.807) is 20.8 Å². The molecule has 29 heavy (non-hydrogen) atoms. The molecule has 13 heteroatoms. The molecule has 0 aromatic carbocycles. The summed E-state index contributed by atoms with van der Waals surface area (Å²) in [7, 11) is 1.27. The first-order valence-electron chi connectivity index (χ1n) is 8.73. The van der Waals surface area contributed by atoms with Crippen LogP contribution in [0.3, 0.4) is 0 Å². The van der Waals surface area contributed by atoms with Crippen LogP contribution in [0.4, 0.5) is 4.79 Å². The molecule has 0 bridgehead atoms. The number of amides is 2. The van der Waals surface area contributed by atoms with E-state index >= 15 is 0 Å². The quantitative estimate of drug-likeness (QED) is 0.544. The highest BCUT2D eigenvalue weighted by atomic mass is 16.6. The Hall–Kier alpha value is -3.51. The minimum atomic E-state index is -0.613. The second kappa shape index (κ2) is 9.61. The van der Waals surface area contributed by atoms with Crippen molar-refractivity contribution in [2.24, 2.45) is 0 Å². The average Bonchev–Trinajstić information content (AvgIpc) is 3.25. The van der Waals surface area contributed by atoms with Gasteiger partial charge in [-0.1, -0.05) is 10.4 Å². The Bertz CT molecular complexity index is 854. The normalized spacial score (nSPS) is 11.0. The summed E-state index contributed by atoms with van der Waals surface area (Å²) in [5.41, 5.74) is 0.454. The van der Waals surface area contributed by atoms with Crippen molar-refractivity contribution in [3.05, 3.63) is 23.8 Å². The lowest BCUT2D eigenvalue weighted by molar-refractivity contribution is -0.141. The van der Waals surface area contributed by atoms with E-state index in [0.29, 0.717) is 11.4 Å². The number of hydrogen-bond acceptors (Lipinski definition) is 9. The van der Waals surface area contributed by atoms with Crippen LogP contribution in [0.15, 0.2) is 12.4 Å². The van der Waals surface area contributed by atoms with E-state index in [1.165, 1.54) is 28.9 Å². The Labute approximate surface area is 166 Å². The Kier molecular flexibility index (Phi) is 7.22. The molecule has 2 aromatic rings. The minimum absolute atomic E-state index is 0.102. The summed E-state index contributed by atoms with van der Waals surface area (Å²) >= 11 is 0. The number of esters is 1. The van der Waals surface area contributed by atoms with E-state index in [9.17, 15) is 14.4 Å². The Morgan fingerprint density at radius 2 is 1.52 bits per heavy atom. The monoisotopic (exact) mass is 408 g/mol. The van der Waals surface area contributed by atoms with Crippen LogP contribution in [0.5, 0.6) is 0 Å². The van der Waals surface area contributed by atoms with E-state index in [1.807, 2.05) is 0 Å². The van der Waals surface area contributed by atoms with Gasteiger partial charge in [-0.25, -0.2) is 14.2 Å². The van der Waals surface area contributed by atoms with Crippen molar-refractivity contribution in [3.63, 3.8) is 0 Å². The molecule has 0 spiro atoms. The van der Waals surface area contributed by atoms with Gasteiger partial charge in [-0.05, 0) is 20.8 Å². The van der Waals surface area contributed by atoms with E-state index in [0.717, 1.165) is 0 Å². The molecule has 2 aromatic heterocycles. The Morgan fingerprint density at radius 1 is 0.966 bits per heavy atom. The summed E-state index contributed by atoms with van der Waals surface area (Å²) < 4.78 is 12.4. The van der Waals surface area contributed by atoms with E-state index < -0.39 is 17.7 Å². The van der Waals surface area contributed by atoms with Crippen molar-refractivity contribution in [1.29, 1.82) is 0 Å². The number of ether oxygens (including phenoxy) is 2. The third-order valence-electron chi connectivity index (χ3n) is 3.48. The van der Waals surface area contributed by atoms with Gasteiger partial charge in [-0.3, -0.25) is 9.59 Å². The first-order valence-corrected chi connectivity index (χ1v) is 8.73. The number of nitrogens with zero attached hydrogens (tertiary/aromatic N) is 6. The highest BCUT2D eigenvalue weighted by Gasteiger charge is 2.17. The third kappa shape index (κ3) is 7.20. The zero-order chi connectivity index (χ0) is 21.4. The first-order chi connectivity index (χ1) is 13.7. The van der Waals surface area contributed by atoms with Crippen LogP contribution in [0.25, 0.3) is 0 Å². The maximum Gasteiger partial charge on any atom is 0.407 e. The van der Waals surface area contributed by atoms with Gasteiger partial charge in [0.15, 0.2) is 0 Å². The van der Waals surface area contributed by atoms with Gasteiger partial charge in [-0.2, -0.15) is 0 Å². The summed E-state index contributed by atoms with van der Waals surface area (Å²) in [6.07, 6.45) is 2.30. The molecule has 0 aliphatic carbocycles. The second-order valence-corrected chi connectivity index (χ2v) is 6.97. The SMILES string of the molecule is COC(=O)Cn1nncc1CNC(=O)Cn1nncc1CNC(=O)OC(C)(C)C. The van der Waals surface area contributed by atoms with Gasteiger partial charge in [-0.15, -0.1) is 10.2 Å². The van der Waals surface area contributed by atoms with Crippen molar-refractivity contribution in [3.8, 4) is 0 Å². The molecule has 0 aliphatic rings. The lowest BCUT2D eigenvalue weighted by Gasteiger charge is -2.19. The molecule has 0 unspecified atom stereocenters. The lowest BCUT2D eigenvalue weighted by Crippen LogP contribution is -2.33. The average molecular weight is 408 g/mol. The Morgan fingerprint density at radius 3 is 2.07 bits per heavy atom. The fourth-order valence-electron chi connectivity index (χ4n) is 2.14. The van der Waals surface area contributed by atoms with Gasteiger partial charge in [0.05, 0.1) is 44.0 Å². The molecule has 2 amide bonds. The summed E-state index contributed by atoms with van der Waals surface area (Å²) in [6, 6.07) is 0. The fraction of sp³-hybridized carbons (Fsp3) is 0.562. The van der Waals surface area contributed by atoms with Gasteiger partial charge in [0.25, 0.3) is 0 Å². The van der Waals surface area contributed by atoms with Crippen LogP contribution in [-0.2, 0) is 45.2 Å². The molecule has 2 heterocycles. The molecule has 13 nitrogen and oxygen atoms in total. The molecular formula is C16H24N8O5. The third-order valence-corrected chi connectivity index (χ3v) is 3.48. The topological polar surface area (TPSA) is 155 Å². The standard InChI is InChI=1S/C16H24N8O5/c1-16(2,3)29-15(27)18-6-12-8-19-21-23(12)9-13(25)17-5-11-7-20-22-24(11)10-14(26)28-4/h7-8H,5-6,9-10H2,1-4H3,(H,17,25)(H,18,27). The number of alkyl carbamates (subject to hydrolysis) is 1. The van der Waals surface area contributed by atoms with Crippen LogP contribution in [0, 0.1) is 0 Å². The summed E-state index contributed by atoms with van der Waals surface area (Å²) in [6.45, 7) is 5.28. The van der Waals surface area contributed by atoms with Crippen LogP contribution < -0.4 is 10.6 Å². The lowest BCUT2D eigenvalue weighted by atomic mass is 10.2. The van der Waals surface area contributed by atoms with Crippen LogP contribution in [0.2, 0.25) is 0 Å². The molecular weight excluding hydrogens is 384 g/mol. The number of hydrogen-bond donors (Lipinski definition) is 2. The van der Waals surface area contributed by atoms with Gasteiger partial charge in [0, 0.05) is 0 Å². The van der Waals surface area contributed by atoms with E-state index in [4.69, 9.17) is 4.74 Å². The molecule has 2 rings (SSSR count). The fourth-order valence-corrected chi connectivity index (χ4v) is 2.14. The van der Waals surface area contributed by atoms with Gasteiger partial charge < -0.3 is 20.1 Å². The number of carbonyl (C=O) groups excluding carboxylic acids is 3. The minimum Gasteiger partial charge on any atom is -0.468 e. The predicted molar refractivity (Wildman–Crippen MR) is 97.0 cm³/mol. The maximum absolute atomic E-state index is 12.2. The number of rotatable bonds is 8. The number of aromatic nitrogens is 6. The highest BCUT2D eigenvalue weighted by Crippen LogP contribution is 2.07. The van der Waals surface area contributed by atoms with E-state index in [-0.39, 0.29) is 32.1 Å². The van der Waals surface area contributed by atoms with E-state index in [2.05, 4.69) is 36.0 Å². The highest BCUT2D eigenvalue weighted by molar-refractivity contribution is 5.75. The first kappa shape index (κ1) is 21.8. The number of nitrogens with one attached hydrogen (secondary N) is 2. The Balaban J connectivity index is 1.85. The molecule has 0 atom stereocenters. The summed E-state index contributed by atoms with van der Waals surface area (Å²) in [4.78, 5) is 35.3. The molecule has 0 radical (unpaired) electrons.